The largest absolute Gasteiger partial charge is 0.404 e. The molecular formula is C24H28O2Si. The molecule has 0 radical (unpaired) electrons. The van der Waals surface area contributed by atoms with Crippen molar-refractivity contribution in [1.29, 1.82) is 0 Å². The highest BCUT2D eigenvalue weighted by Crippen LogP contribution is 2.37. The lowest BCUT2D eigenvalue weighted by Crippen LogP contribution is -2.66. The predicted octanol–water partition coefficient (Wildman–Crippen LogP) is 4.30. The number of hydrogen-bond acceptors (Lipinski definition) is 2. The van der Waals surface area contributed by atoms with E-state index in [1.807, 2.05) is 42.5 Å². The predicted molar refractivity (Wildman–Crippen MR) is 115 cm³/mol. The van der Waals surface area contributed by atoms with Gasteiger partial charge in [0.25, 0.3) is 8.32 Å². The lowest BCUT2D eigenvalue weighted by molar-refractivity contribution is 0.103. The number of rotatable bonds is 6. The molecule has 0 fully saturated rings. The molecule has 3 heteroatoms. The Hall–Kier alpha value is -2.20. The van der Waals surface area contributed by atoms with E-state index in [-0.39, 0.29) is 11.6 Å². The first kappa shape index (κ1) is 19.6. The molecule has 0 spiro atoms. The number of aliphatic hydroxyl groups excluding tert-OH is 1. The highest BCUT2D eigenvalue weighted by molar-refractivity contribution is 6.99. The highest BCUT2D eigenvalue weighted by atomic mass is 28.4. The molecule has 3 aromatic carbocycles. The molecule has 2 nitrogen and oxygen atoms in total. The van der Waals surface area contributed by atoms with Crippen LogP contribution < -0.4 is 10.4 Å². The van der Waals surface area contributed by atoms with Gasteiger partial charge in [0.05, 0.1) is 6.61 Å². The Labute approximate surface area is 163 Å². The van der Waals surface area contributed by atoms with Crippen molar-refractivity contribution in [2.45, 2.75) is 31.9 Å². The van der Waals surface area contributed by atoms with Crippen molar-refractivity contribution in [1.82, 2.24) is 0 Å². The van der Waals surface area contributed by atoms with Gasteiger partial charge < -0.3 is 9.53 Å². The zero-order valence-corrected chi connectivity index (χ0v) is 17.3. The van der Waals surface area contributed by atoms with E-state index in [2.05, 4.69) is 69.3 Å². The van der Waals surface area contributed by atoms with Crippen molar-refractivity contribution in [2.75, 3.05) is 6.61 Å². The zero-order chi connectivity index (χ0) is 19.3. The maximum Gasteiger partial charge on any atom is 0.261 e. The molecule has 1 atom stereocenters. The molecule has 0 bridgehead atoms. The van der Waals surface area contributed by atoms with Gasteiger partial charge in [0.1, 0.15) is 6.10 Å². The summed E-state index contributed by atoms with van der Waals surface area (Å²) in [7, 11) is -2.60. The van der Waals surface area contributed by atoms with Crippen molar-refractivity contribution >= 4 is 18.7 Å². The molecule has 0 aliphatic carbocycles. The molecule has 1 N–H and O–H groups in total. The van der Waals surface area contributed by atoms with Crippen LogP contribution in [-0.4, -0.2) is 20.0 Å². The van der Waals surface area contributed by atoms with Gasteiger partial charge in [0, 0.05) is 0 Å². The first-order valence-electron chi connectivity index (χ1n) is 9.43. The molecule has 0 aromatic heterocycles. The van der Waals surface area contributed by atoms with E-state index >= 15 is 0 Å². The monoisotopic (exact) mass is 376 g/mol. The molecule has 1 unspecified atom stereocenters. The summed E-state index contributed by atoms with van der Waals surface area (Å²) in [6.45, 7) is 7.01. The van der Waals surface area contributed by atoms with Gasteiger partial charge in [-0.25, -0.2) is 0 Å². The van der Waals surface area contributed by atoms with Crippen molar-refractivity contribution in [3.05, 3.63) is 96.6 Å². The van der Waals surface area contributed by atoms with E-state index in [0.29, 0.717) is 0 Å². The van der Waals surface area contributed by atoms with Gasteiger partial charge in [-0.2, -0.15) is 0 Å². The van der Waals surface area contributed by atoms with Crippen LogP contribution in [0.25, 0.3) is 0 Å². The Morgan fingerprint density at radius 3 is 1.56 bits per heavy atom. The minimum absolute atomic E-state index is 0.0912. The molecule has 27 heavy (non-hydrogen) atoms. The first-order valence-corrected chi connectivity index (χ1v) is 11.3. The lowest BCUT2D eigenvalue weighted by Gasteiger charge is -2.43. The number of aliphatic hydroxyl groups is 1. The average molecular weight is 377 g/mol. The topological polar surface area (TPSA) is 29.5 Å². The molecular weight excluding hydrogens is 348 g/mol. The number of hydrogen-bond donors (Lipinski definition) is 1. The molecule has 0 aliphatic heterocycles. The Balaban J connectivity index is 2.04. The summed E-state index contributed by atoms with van der Waals surface area (Å²) in [6, 6.07) is 30.8. The van der Waals surface area contributed by atoms with E-state index in [0.717, 1.165) is 5.56 Å². The number of benzene rings is 3. The van der Waals surface area contributed by atoms with Gasteiger partial charge in [-0.3, -0.25) is 0 Å². The second-order valence-corrected chi connectivity index (χ2v) is 12.2. The van der Waals surface area contributed by atoms with Gasteiger partial charge in [-0.15, -0.1) is 0 Å². The quantitative estimate of drug-likeness (QED) is 0.650. The normalized spacial score (nSPS) is 13.3. The summed E-state index contributed by atoms with van der Waals surface area (Å²) < 4.78 is 6.77. The molecule has 0 heterocycles. The molecule has 0 saturated carbocycles. The SMILES string of the molecule is CC(C)(C)[Si](OCC(O)c1ccccc1)(c1ccccc1)c1ccccc1. The Bertz CT molecular complexity index is 787. The fourth-order valence-corrected chi connectivity index (χ4v) is 8.30. The van der Waals surface area contributed by atoms with E-state index in [1.54, 1.807) is 0 Å². The van der Waals surface area contributed by atoms with E-state index in [1.165, 1.54) is 10.4 Å². The second kappa shape index (κ2) is 8.22. The van der Waals surface area contributed by atoms with Crippen LogP contribution in [0.2, 0.25) is 5.04 Å². The van der Waals surface area contributed by atoms with Crippen LogP contribution in [0.1, 0.15) is 32.4 Å². The Morgan fingerprint density at radius 2 is 1.15 bits per heavy atom. The fourth-order valence-electron chi connectivity index (χ4n) is 3.74. The molecule has 0 aliphatic rings. The standard InChI is InChI=1S/C24H28O2Si/c1-24(2,3)27(21-15-9-5-10-16-21,22-17-11-6-12-18-22)26-19-23(25)20-13-7-4-8-14-20/h4-18,23,25H,19H2,1-3H3. The molecule has 0 amide bonds. The minimum atomic E-state index is -2.60. The third-order valence-electron chi connectivity index (χ3n) is 5.06. The maximum absolute atomic E-state index is 10.7. The second-order valence-electron chi connectivity index (χ2n) is 7.90. The smallest absolute Gasteiger partial charge is 0.261 e. The van der Waals surface area contributed by atoms with Crippen LogP contribution in [-0.2, 0) is 4.43 Å². The van der Waals surface area contributed by atoms with Gasteiger partial charge >= 0.3 is 0 Å². The van der Waals surface area contributed by atoms with Gasteiger partial charge in [0.15, 0.2) is 0 Å². The summed E-state index contributed by atoms with van der Waals surface area (Å²) in [6.07, 6.45) is -0.646. The third kappa shape index (κ3) is 4.06. The van der Waals surface area contributed by atoms with Gasteiger partial charge in [-0.1, -0.05) is 112 Å². The summed E-state index contributed by atoms with van der Waals surface area (Å²) in [5.74, 6) is 0. The molecule has 3 aromatic rings. The van der Waals surface area contributed by atoms with Crippen LogP contribution in [0.15, 0.2) is 91.0 Å². The van der Waals surface area contributed by atoms with Gasteiger partial charge in [0.2, 0.25) is 0 Å². The molecule has 0 saturated heterocycles. The Morgan fingerprint density at radius 1 is 0.741 bits per heavy atom. The van der Waals surface area contributed by atoms with Crippen LogP contribution >= 0.6 is 0 Å². The average Bonchev–Trinajstić information content (AvgIpc) is 2.69. The van der Waals surface area contributed by atoms with Crippen molar-refractivity contribution in [3.63, 3.8) is 0 Å². The first-order chi connectivity index (χ1) is 12.9. The summed E-state index contributed by atoms with van der Waals surface area (Å²) >= 11 is 0. The third-order valence-corrected chi connectivity index (χ3v) is 10.1. The van der Waals surface area contributed by atoms with Crippen LogP contribution in [0, 0.1) is 0 Å². The van der Waals surface area contributed by atoms with E-state index in [9.17, 15) is 5.11 Å². The Kier molecular flexibility index (Phi) is 5.95. The van der Waals surface area contributed by atoms with Crippen molar-refractivity contribution < 1.29 is 9.53 Å². The van der Waals surface area contributed by atoms with Crippen LogP contribution in [0.3, 0.4) is 0 Å². The van der Waals surface area contributed by atoms with Crippen molar-refractivity contribution in [3.8, 4) is 0 Å². The summed E-state index contributed by atoms with van der Waals surface area (Å²) in [5.41, 5.74) is 0.885. The molecule has 3 rings (SSSR count). The highest BCUT2D eigenvalue weighted by Gasteiger charge is 2.50. The van der Waals surface area contributed by atoms with Gasteiger partial charge in [-0.05, 0) is 21.0 Å². The summed E-state index contributed by atoms with van der Waals surface area (Å²) in [5, 5.41) is 13.1. The minimum Gasteiger partial charge on any atom is -0.404 e. The fraction of sp³-hybridized carbons (Fsp3) is 0.250. The lowest BCUT2D eigenvalue weighted by atomic mass is 10.1. The van der Waals surface area contributed by atoms with E-state index in [4.69, 9.17) is 4.43 Å². The zero-order valence-electron chi connectivity index (χ0n) is 16.3. The van der Waals surface area contributed by atoms with Crippen molar-refractivity contribution in [2.24, 2.45) is 0 Å². The molecule has 140 valence electrons. The van der Waals surface area contributed by atoms with Crippen LogP contribution in [0.5, 0.6) is 0 Å². The van der Waals surface area contributed by atoms with E-state index < -0.39 is 14.4 Å². The van der Waals surface area contributed by atoms with Crippen LogP contribution in [0.4, 0.5) is 0 Å². The summed E-state index contributed by atoms with van der Waals surface area (Å²) in [4.78, 5) is 0. The maximum atomic E-state index is 10.7.